The Balaban J connectivity index is 1.66. The van der Waals surface area contributed by atoms with Crippen LogP contribution in [-0.4, -0.2) is 45.7 Å². The van der Waals surface area contributed by atoms with Gasteiger partial charge in [0.15, 0.2) is 11.0 Å². The summed E-state index contributed by atoms with van der Waals surface area (Å²) in [7, 11) is 0. The van der Waals surface area contributed by atoms with Crippen LogP contribution in [0.3, 0.4) is 0 Å². The number of esters is 1. The Hall–Kier alpha value is -3.66. The zero-order valence-corrected chi connectivity index (χ0v) is 18.7. The monoisotopic (exact) mass is 467 g/mol. The number of hydrogen-bond donors (Lipinski definition) is 2. The van der Waals surface area contributed by atoms with Crippen LogP contribution in [0.15, 0.2) is 71.0 Å². The number of carbonyl (C=O) groups excluding carboxylic acids is 2. The summed E-state index contributed by atoms with van der Waals surface area (Å²) in [4.78, 5) is 24.2. The number of ether oxygens (including phenoxy) is 1. The Morgan fingerprint density at radius 3 is 2.67 bits per heavy atom. The molecule has 4 rings (SSSR count). The quantitative estimate of drug-likeness (QED) is 0.390. The van der Waals surface area contributed by atoms with Crippen molar-refractivity contribution >= 4 is 23.8 Å². The van der Waals surface area contributed by atoms with Gasteiger partial charge >= 0.3 is 12.0 Å². The third-order valence-corrected chi connectivity index (χ3v) is 5.93. The lowest BCUT2D eigenvalue weighted by molar-refractivity contribution is -0.138. The molecule has 0 unspecified atom stereocenters. The molecule has 2 heterocycles. The van der Waals surface area contributed by atoms with Crippen molar-refractivity contribution in [2.45, 2.75) is 18.6 Å². The van der Waals surface area contributed by atoms with Crippen molar-refractivity contribution in [3.8, 4) is 11.4 Å². The number of halogens is 1. The summed E-state index contributed by atoms with van der Waals surface area (Å²) in [6, 6.07) is 15.7. The smallest absolute Gasteiger partial charge is 0.337 e. The average Bonchev–Trinajstić information content (AvgIpc) is 3.21. The van der Waals surface area contributed by atoms with Gasteiger partial charge in [0.1, 0.15) is 5.82 Å². The lowest BCUT2D eigenvalue weighted by Crippen LogP contribution is -2.44. The fourth-order valence-corrected chi connectivity index (χ4v) is 4.28. The highest BCUT2D eigenvalue weighted by molar-refractivity contribution is 7.99. The molecule has 3 aromatic rings. The first kappa shape index (κ1) is 22.5. The van der Waals surface area contributed by atoms with Gasteiger partial charge in [0, 0.05) is 11.4 Å². The Bertz CT molecular complexity index is 1200. The molecule has 0 spiro atoms. The first-order chi connectivity index (χ1) is 16.1. The van der Waals surface area contributed by atoms with E-state index in [9.17, 15) is 14.0 Å². The predicted molar refractivity (Wildman–Crippen MR) is 122 cm³/mol. The number of nitrogens with one attached hydrogen (secondary N) is 2. The van der Waals surface area contributed by atoms with Gasteiger partial charge in [-0.25, -0.2) is 14.0 Å². The molecule has 1 aliphatic heterocycles. The van der Waals surface area contributed by atoms with E-state index in [0.29, 0.717) is 34.4 Å². The largest absolute Gasteiger partial charge is 0.463 e. The van der Waals surface area contributed by atoms with E-state index in [-0.39, 0.29) is 18.9 Å². The van der Waals surface area contributed by atoms with Gasteiger partial charge in [-0.3, -0.25) is 4.57 Å². The number of thioether (sulfide) groups is 1. The fraction of sp³-hybridized carbons (Fsp3) is 0.217. The molecule has 2 amide bonds. The Labute approximate surface area is 194 Å². The van der Waals surface area contributed by atoms with Gasteiger partial charge in [0.2, 0.25) is 0 Å². The summed E-state index contributed by atoms with van der Waals surface area (Å²) in [5.41, 5.74) is 2.14. The van der Waals surface area contributed by atoms with Crippen LogP contribution in [0, 0.1) is 5.82 Å². The predicted octanol–water partition coefficient (Wildman–Crippen LogP) is 3.35. The standard InChI is InChI=1S/C23H22FN5O3S/c1-2-32-21(30)17-12-25-22(31)26-19(17)14-33-23-28-27-20(16-10-6-7-11-18(16)24)29(23)13-15-8-4-3-5-9-15/h3-11H,2,12-14H2,1H3,(H2,25,26,31). The summed E-state index contributed by atoms with van der Waals surface area (Å²) < 4.78 is 21.5. The summed E-state index contributed by atoms with van der Waals surface area (Å²) in [5.74, 6) is -0.230. The lowest BCUT2D eigenvalue weighted by atomic mass is 10.2. The molecular weight excluding hydrogens is 445 g/mol. The molecule has 0 atom stereocenters. The normalized spacial score (nSPS) is 13.5. The maximum absolute atomic E-state index is 14.5. The number of rotatable bonds is 8. The van der Waals surface area contributed by atoms with Crippen LogP contribution in [0.1, 0.15) is 12.5 Å². The highest BCUT2D eigenvalue weighted by Gasteiger charge is 2.25. The van der Waals surface area contributed by atoms with Crippen LogP contribution in [0.25, 0.3) is 11.4 Å². The summed E-state index contributed by atoms with van der Waals surface area (Å²) in [6.07, 6.45) is 0. The highest BCUT2D eigenvalue weighted by atomic mass is 32.2. The van der Waals surface area contributed by atoms with Crippen LogP contribution in [0.5, 0.6) is 0 Å². The minimum atomic E-state index is -0.488. The number of aromatic nitrogens is 3. The number of hydrogen-bond acceptors (Lipinski definition) is 6. The third kappa shape index (κ3) is 5.23. The Morgan fingerprint density at radius 1 is 1.15 bits per heavy atom. The zero-order chi connectivity index (χ0) is 23.2. The summed E-state index contributed by atoms with van der Waals surface area (Å²) in [5, 5.41) is 14.3. The lowest BCUT2D eigenvalue weighted by Gasteiger charge is -2.21. The zero-order valence-electron chi connectivity index (χ0n) is 17.9. The van der Waals surface area contributed by atoms with Crippen molar-refractivity contribution in [1.29, 1.82) is 0 Å². The van der Waals surface area contributed by atoms with E-state index in [0.717, 1.165) is 5.56 Å². The van der Waals surface area contributed by atoms with Gasteiger partial charge in [-0.15, -0.1) is 10.2 Å². The molecule has 2 aromatic carbocycles. The molecule has 2 N–H and O–H groups in total. The van der Waals surface area contributed by atoms with Crippen molar-refractivity contribution in [1.82, 2.24) is 25.4 Å². The molecule has 0 saturated heterocycles. The Morgan fingerprint density at radius 2 is 1.91 bits per heavy atom. The number of nitrogens with zero attached hydrogens (tertiary/aromatic N) is 3. The van der Waals surface area contributed by atoms with Crippen molar-refractivity contribution < 1.29 is 18.7 Å². The Kier molecular flexibility index (Phi) is 7.04. The van der Waals surface area contributed by atoms with Gasteiger partial charge in [-0.1, -0.05) is 54.2 Å². The third-order valence-electron chi connectivity index (χ3n) is 4.94. The van der Waals surface area contributed by atoms with E-state index < -0.39 is 17.8 Å². The highest BCUT2D eigenvalue weighted by Crippen LogP contribution is 2.28. The maximum Gasteiger partial charge on any atom is 0.337 e. The first-order valence-electron chi connectivity index (χ1n) is 10.4. The molecule has 0 saturated carbocycles. The minimum Gasteiger partial charge on any atom is -0.463 e. The van der Waals surface area contributed by atoms with Gasteiger partial charge < -0.3 is 15.4 Å². The molecule has 33 heavy (non-hydrogen) atoms. The molecular formula is C23H22FN5O3S. The van der Waals surface area contributed by atoms with Crippen molar-refractivity contribution in [3.05, 3.63) is 77.2 Å². The molecule has 170 valence electrons. The molecule has 0 radical (unpaired) electrons. The SMILES string of the molecule is CCOC(=O)C1=C(CSc2nnc(-c3ccccc3F)n2Cc2ccccc2)NC(=O)NC1. The molecule has 8 nitrogen and oxygen atoms in total. The topological polar surface area (TPSA) is 98.1 Å². The van der Waals surface area contributed by atoms with E-state index in [1.54, 1.807) is 25.1 Å². The van der Waals surface area contributed by atoms with Crippen molar-refractivity contribution in [2.75, 3.05) is 18.9 Å². The maximum atomic E-state index is 14.5. The second-order valence-corrected chi connectivity index (χ2v) is 8.07. The van der Waals surface area contributed by atoms with Gasteiger partial charge in [-0.2, -0.15) is 0 Å². The fourth-order valence-electron chi connectivity index (χ4n) is 3.35. The van der Waals surface area contributed by atoms with Crippen molar-refractivity contribution in [3.63, 3.8) is 0 Å². The summed E-state index contributed by atoms with van der Waals surface area (Å²) in [6.45, 7) is 2.46. The van der Waals surface area contributed by atoms with Crippen LogP contribution < -0.4 is 10.6 Å². The van der Waals surface area contributed by atoms with Gasteiger partial charge in [0.05, 0.1) is 30.8 Å². The van der Waals surface area contributed by atoms with E-state index in [1.165, 1.54) is 17.8 Å². The summed E-state index contributed by atoms with van der Waals surface area (Å²) >= 11 is 1.29. The van der Waals surface area contributed by atoms with Crippen LogP contribution in [0.4, 0.5) is 9.18 Å². The second-order valence-electron chi connectivity index (χ2n) is 7.13. The molecule has 0 bridgehead atoms. The average molecular weight is 468 g/mol. The molecule has 10 heteroatoms. The second kappa shape index (κ2) is 10.3. The number of carbonyl (C=O) groups is 2. The van der Waals surface area contributed by atoms with E-state index >= 15 is 0 Å². The number of urea groups is 1. The first-order valence-corrected chi connectivity index (χ1v) is 11.3. The van der Waals surface area contributed by atoms with Gasteiger partial charge in [-0.05, 0) is 24.6 Å². The van der Waals surface area contributed by atoms with Crippen LogP contribution >= 0.6 is 11.8 Å². The molecule has 0 fully saturated rings. The van der Waals surface area contributed by atoms with E-state index in [4.69, 9.17) is 4.74 Å². The van der Waals surface area contributed by atoms with Crippen LogP contribution in [-0.2, 0) is 16.1 Å². The van der Waals surface area contributed by atoms with Crippen molar-refractivity contribution in [2.24, 2.45) is 0 Å². The van der Waals surface area contributed by atoms with Crippen LogP contribution in [0.2, 0.25) is 0 Å². The molecule has 0 aliphatic carbocycles. The number of amides is 2. The molecule has 1 aromatic heterocycles. The number of benzene rings is 2. The van der Waals surface area contributed by atoms with E-state index in [1.807, 2.05) is 34.9 Å². The van der Waals surface area contributed by atoms with E-state index in [2.05, 4.69) is 20.8 Å². The minimum absolute atomic E-state index is 0.0811. The molecule has 1 aliphatic rings. The van der Waals surface area contributed by atoms with Gasteiger partial charge in [0.25, 0.3) is 0 Å².